The van der Waals surface area contributed by atoms with Crippen LogP contribution in [0.1, 0.15) is 57.7 Å². The molecule has 0 aliphatic heterocycles. The molecule has 1 heterocycles. The minimum atomic E-state index is 0.266. The largest absolute Gasteiger partial charge is 0.345 e. The standard InChI is InChI=1S/C22H31ClN2O/c1-4-5-6-12-22(26)25(15-18(2)3)17-21-11-8-13-24(21)16-19-9-7-10-20(23)14-19/h7-11,13-14,18H,4-6,12,15-17H2,1-3H3. The van der Waals surface area contributed by atoms with Crippen LogP contribution in [0.15, 0.2) is 42.6 Å². The lowest BCUT2D eigenvalue weighted by Gasteiger charge is -2.25. The molecule has 0 bridgehead atoms. The van der Waals surface area contributed by atoms with Gasteiger partial charge in [0.25, 0.3) is 0 Å². The van der Waals surface area contributed by atoms with Crippen molar-refractivity contribution >= 4 is 17.5 Å². The highest BCUT2D eigenvalue weighted by atomic mass is 35.5. The smallest absolute Gasteiger partial charge is 0.222 e. The molecule has 1 amide bonds. The van der Waals surface area contributed by atoms with Gasteiger partial charge in [0.05, 0.1) is 6.54 Å². The third-order valence-corrected chi connectivity index (χ3v) is 4.69. The van der Waals surface area contributed by atoms with Crippen molar-refractivity contribution in [3.05, 3.63) is 58.9 Å². The van der Waals surface area contributed by atoms with Crippen LogP contribution >= 0.6 is 11.6 Å². The van der Waals surface area contributed by atoms with Gasteiger partial charge in [0.2, 0.25) is 5.91 Å². The van der Waals surface area contributed by atoms with E-state index < -0.39 is 0 Å². The molecular formula is C22H31ClN2O. The number of nitrogens with zero attached hydrogens (tertiary/aromatic N) is 2. The van der Waals surface area contributed by atoms with E-state index in [0.29, 0.717) is 18.9 Å². The number of unbranched alkanes of at least 4 members (excludes halogenated alkanes) is 2. The molecule has 0 atom stereocenters. The zero-order valence-corrected chi connectivity index (χ0v) is 17.0. The van der Waals surface area contributed by atoms with Gasteiger partial charge in [0.15, 0.2) is 0 Å². The third kappa shape index (κ3) is 6.53. The quantitative estimate of drug-likeness (QED) is 0.485. The Labute approximate surface area is 163 Å². The summed E-state index contributed by atoms with van der Waals surface area (Å²) in [5, 5.41) is 0.753. The predicted octanol–water partition coefficient (Wildman–Crippen LogP) is 5.75. The predicted molar refractivity (Wildman–Crippen MR) is 109 cm³/mol. The lowest BCUT2D eigenvalue weighted by Crippen LogP contribution is -2.34. The number of carbonyl (C=O) groups is 1. The van der Waals surface area contributed by atoms with E-state index in [1.54, 1.807) is 0 Å². The average Bonchev–Trinajstić information content (AvgIpc) is 3.01. The number of rotatable bonds is 10. The first-order valence-corrected chi connectivity index (χ1v) is 10.0. The van der Waals surface area contributed by atoms with E-state index in [2.05, 4.69) is 49.7 Å². The minimum Gasteiger partial charge on any atom is -0.345 e. The fourth-order valence-corrected chi connectivity index (χ4v) is 3.37. The first kappa shape index (κ1) is 20.6. The molecule has 0 saturated heterocycles. The fraction of sp³-hybridized carbons (Fsp3) is 0.500. The van der Waals surface area contributed by atoms with Gasteiger partial charge in [-0.05, 0) is 42.2 Å². The van der Waals surface area contributed by atoms with Crippen LogP contribution in [0, 0.1) is 5.92 Å². The van der Waals surface area contributed by atoms with Crippen molar-refractivity contribution in [3.8, 4) is 0 Å². The van der Waals surface area contributed by atoms with E-state index >= 15 is 0 Å². The molecule has 0 N–H and O–H groups in total. The van der Waals surface area contributed by atoms with Crippen LogP contribution in [0.3, 0.4) is 0 Å². The van der Waals surface area contributed by atoms with Gasteiger partial charge in [-0.1, -0.05) is 57.3 Å². The van der Waals surface area contributed by atoms with Gasteiger partial charge in [-0.2, -0.15) is 0 Å². The molecule has 1 aromatic carbocycles. The molecule has 142 valence electrons. The van der Waals surface area contributed by atoms with Crippen LogP contribution in [-0.2, 0) is 17.9 Å². The highest BCUT2D eigenvalue weighted by molar-refractivity contribution is 6.30. The first-order chi connectivity index (χ1) is 12.5. The van der Waals surface area contributed by atoms with Crippen molar-refractivity contribution in [1.82, 2.24) is 9.47 Å². The number of halogens is 1. The van der Waals surface area contributed by atoms with Crippen molar-refractivity contribution in [2.75, 3.05) is 6.54 Å². The average molecular weight is 375 g/mol. The van der Waals surface area contributed by atoms with E-state index in [1.807, 2.05) is 23.1 Å². The van der Waals surface area contributed by atoms with Gasteiger partial charge >= 0.3 is 0 Å². The van der Waals surface area contributed by atoms with Gasteiger partial charge in [0.1, 0.15) is 0 Å². The fourth-order valence-electron chi connectivity index (χ4n) is 3.15. The molecule has 0 radical (unpaired) electrons. The van der Waals surface area contributed by atoms with Crippen LogP contribution in [0.4, 0.5) is 0 Å². The maximum absolute atomic E-state index is 12.7. The summed E-state index contributed by atoms with van der Waals surface area (Å²) in [6.45, 7) is 8.72. The Hall–Kier alpha value is -1.74. The summed E-state index contributed by atoms with van der Waals surface area (Å²) in [4.78, 5) is 14.7. The molecule has 26 heavy (non-hydrogen) atoms. The summed E-state index contributed by atoms with van der Waals surface area (Å²) in [5.41, 5.74) is 2.33. The maximum Gasteiger partial charge on any atom is 0.222 e. The van der Waals surface area contributed by atoms with Crippen molar-refractivity contribution in [2.24, 2.45) is 5.92 Å². The second kappa shape index (κ2) is 10.4. The van der Waals surface area contributed by atoms with Gasteiger partial charge in [-0.3, -0.25) is 4.79 Å². The molecule has 0 fully saturated rings. The SMILES string of the molecule is CCCCCC(=O)N(Cc1cccn1Cc1cccc(Cl)c1)CC(C)C. The van der Waals surface area contributed by atoms with Crippen molar-refractivity contribution in [3.63, 3.8) is 0 Å². The second-order valence-corrected chi connectivity index (χ2v) is 7.82. The topological polar surface area (TPSA) is 25.2 Å². The Bertz CT molecular complexity index is 693. The Morgan fingerprint density at radius 1 is 1.19 bits per heavy atom. The number of amides is 1. The van der Waals surface area contributed by atoms with Crippen molar-refractivity contribution < 1.29 is 4.79 Å². The van der Waals surface area contributed by atoms with Gasteiger partial charge < -0.3 is 9.47 Å². The Morgan fingerprint density at radius 3 is 2.69 bits per heavy atom. The Balaban J connectivity index is 2.08. The normalized spacial score (nSPS) is 11.1. The monoisotopic (exact) mass is 374 g/mol. The Kier molecular flexibility index (Phi) is 8.24. The number of hydrogen-bond donors (Lipinski definition) is 0. The zero-order chi connectivity index (χ0) is 18.9. The summed E-state index contributed by atoms with van der Waals surface area (Å²) in [7, 11) is 0. The van der Waals surface area contributed by atoms with E-state index in [1.165, 1.54) is 5.56 Å². The van der Waals surface area contributed by atoms with Crippen LogP contribution in [0.5, 0.6) is 0 Å². The molecular weight excluding hydrogens is 344 g/mol. The number of aromatic nitrogens is 1. The molecule has 0 aliphatic carbocycles. The van der Waals surface area contributed by atoms with Crippen molar-refractivity contribution in [2.45, 2.75) is 59.5 Å². The molecule has 0 saturated carbocycles. The van der Waals surface area contributed by atoms with E-state index in [4.69, 9.17) is 11.6 Å². The third-order valence-electron chi connectivity index (χ3n) is 4.45. The summed E-state index contributed by atoms with van der Waals surface area (Å²) < 4.78 is 2.21. The lowest BCUT2D eigenvalue weighted by molar-refractivity contribution is -0.132. The van der Waals surface area contributed by atoms with Gasteiger partial charge in [-0.15, -0.1) is 0 Å². The number of hydrogen-bond acceptors (Lipinski definition) is 1. The summed E-state index contributed by atoms with van der Waals surface area (Å²) in [6.07, 6.45) is 5.96. The molecule has 1 aromatic heterocycles. The molecule has 2 rings (SSSR count). The number of carbonyl (C=O) groups excluding carboxylic acids is 1. The molecule has 4 heteroatoms. The van der Waals surface area contributed by atoms with E-state index in [0.717, 1.165) is 43.1 Å². The van der Waals surface area contributed by atoms with E-state index in [-0.39, 0.29) is 5.91 Å². The Morgan fingerprint density at radius 2 is 2.00 bits per heavy atom. The molecule has 2 aromatic rings. The van der Waals surface area contributed by atoms with Crippen LogP contribution in [0.25, 0.3) is 0 Å². The van der Waals surface area contributed by atoms with Crippen molar-refractivity contribution in [1.29, 1.82) is 0 Å². The molecule has 0 aliphatic rings. The highest BCUT2D eigenvalue weighted by Crippen LogP contribution is 2.16. The molecule has 3 nitrogen and oxygen atoms in total. The maximum atomic E-state index is 12.7. The summed E-state index contributed by atoms with van der Waals surface area (Å²) in [6, 6.07) is 12.1. The molecule has 0 unspecified atom stereocenters. The highest BCUT2D eigenvalue weighted by Gasteiger charge is 2.16. The van der Waals surface area contributed by atoms with Crippen LogP contribution < -0.4 is 0 Å². The summed E-state index contributed by atoms with van der Waals surface area (Å²) >= 11 is 6.11. The summed E-state index contributed by atoms with van der Waals surface area (Å²) in [5.74, 6) is 0.726. The zero-order valence-electron chi connectivity index (χ0n) is 16.2. The van der Waals surface area contributed by atoms with Crippen LogP contribution in [0.2, 0.25) is 5.02 Å². The second-order valence-electron chi connectivity index (χ2n) is 7.38. The first-order valence-electron chi connectivity index (χ1n) is 9.65. The van der Waals surface area contributed by atoms with Gasteiger partial charge in [-0.25, -0.2) is 0 Å². The van der Waals surface area contributed by atoms with E-state index in [9.17, 15) is 4.79 Å². The minimum absolute atomic E-state index is 0.266. The van der Waals surface area contributed by atoms with Crippen LogP contribution in [-0.4, -0.2) is 21.9 Å². The molecule has 0 spiro atoms. The number of benzene rings is 1. The lowest BCUT2D eigenvalue weighted by atomic mass is 10.1. The van der Waals surface area contributed by atoms with Gasteiger partial charge in [0, 0.05) is 36.4 Å².